The first-order chi connectivity index (χ1) is 10.2. The summed E-state index contributed by atoms with van der Waals surface area (Å²) in [5.41, 5.74) is 1.07. The van der Waals surface area contributed by atoms with E-state index in [1.54, 1.807) is 13.2 Å². The molecular weight excluding hydrogens is 269 g/mol. The van der Waals surface area contributed by atoms with Crippen molar-refractivity contribution >= 4 is 0 Å². The van der Waals surface area contributed by atoms with E-state index in [-0.39, 0.29) is 5.82 Å². The Labute approximate surface area is 125 Å². The first kappa shape index (κ1) is 15.9. The fraction of sp³-hybridized carbons (Fsp3) is 0.562. The summed E-state index contributed by atoms with van der Waals surface area (Å²) in [5.74, 6) is -0.254. The Morgan fingerprint density at radius 1 is 1.52 bits per heavy atom. The number of halogens is 1. The largest absolute Gasteiger partial charge is 0.383 e. The molecule has 1 N–H and O–H groups in total. The highest BCUT2D eigenvalue weighted by molar-refractivity contribution is 5.33. The Hall–Kier alpha value is -1.48. The number of hydrogen-bond acceptors (Lipinski definition) is 4. The molecule has 5 heteroatoms. The molecular formula is C16H22FN3O. The van der Waals surface area contributed by atoms with Crippen LogP contribution in [0.1, 0.15) is 24.0 Å². The van der Waals surface area contributed by atoms with E-state index in [0.29, 0.717) is 30.3 Å². The maximum absolute atomic E-state index is 13.9. The van der Waals surface area contributed by atoms with E-state index in [0.717, 1.165) is 26.1 Å². The molecule has 4 nitrogen and oxygen atoms in total. The van der Waals surface area contributed by atoms with Crippen LogP contribution in [-0.4, -0.2) is 44.3 Å². The van der Waals surface area contributed by atoms with Gasteiger partial charge in [-0.2, -0.15) is 5.26 Å². The van der Waals surface area contributed by atoms with Crippen molar-refractivity contribution in [2.24, 2.45) is 0 Å². The van der Waals surface area contributed by atoms with Crippen molar-refractivity contribution in [3.8, 4) is 6.07 Å². The van der Waals surface area contributed by atoms with Gasteiger partial charge in [-0.1, -0.05) is 0 Å². The van der Waals surface area contributed by atoms with E-state index in [1.165, 1.54) is 18.6 Å². The standard InChI is InChI=1S/C16H22FN3O/c1-21-8-7-20(12-15-3-2-6-19-15)11-14-9-13(10-18)4-5-16(14)17/h4-5,9,15,19H,2-3,6-8,11-12H2,1H3. The zero-order chi connectivity index (χ0) is 15.1. The van der Waals surface area contributed by atoms with Crippen LogP contribution in [-0.2, 0) is 11.3 Å². The van der Waals surface area contributed by atoms with Gasteiger partial charge in [0.15, 0.2) is 0 Å². The molecule has 1 fully saturated rings. The molecule has 0 amide bonds. The summed E-state index contributed by atoms with van der Waals surface area (Å²) < 4.78 is 19.1. The minimum Gasteiger partial charge on any atom is -0.383 e. The predicted molar refractivity (Wildman–Crippen MR) is 79.3 cm³/mol. The lowest BCUT2D eigenvalue weighted by Crippen LogP contribution is -2.39. The number of nitrogens with one attached hydrogen (secondary N) is 1. The normalized spacial score (nSPS) is 18.1. The Kier molecular flexibility index (Phi) is 6.12. The number of benzene rings is 1. The molecule has 114 valence electrons. The lowest BCUT2D eigenvalue weighted by molar-refractivity contribution is 0.137. The van der Waals surface area contributed by atoms with Crippen LogP contribution >= 0.6 is 0 Å². The van der Waals surface area contributed by atoms with E-state index in [9.17, 15) is 4.39 Å². The molecule has 0 aromatic heterocycles. The van der Waals surface area contributed by atoms with Crippen molar-refractivity contribution in [2.45, 2.75) is 25.4 Å². The summed E-state index contributed by atoms with van der Waals surface area (Å²) in [7, 11) is 1.67. The van der Waals surface area contributed by atoms with Crippen LogP contribution < -0.4 is 5.32 Å². The maximum atomic E-state index is 13.9. The summed E-state index contributed by atoms with van der Waals surface area (Å²) >= 11 is 0. The van der Waals surface area contributed by atoms with Gasteiger partial charge < -0.3 is 10.1 Å². The minimum atomic E-state index is -0.254. The molecule has 1 saturated heterocycles. The summed E-state index contributed by atoms with van der Waals surface area (Å²) in [6.45, 7) is 3.81. The SMILES string of the molecule is COCCN(Cc1cc(C#N)ccc1F)CC1CCCN1. The molecule has 0 spiro atoms. The highest BCUT2D eigenvalue weighted by atomic mass is 19.1. The molecule has 0 bridgehead atoms. The van der Waals surface area contributed by atoms with E-state index < -0.39 is 0 Å². The first-order valence-electron chi connectivity index (χ1n) is 7.36. The van der Waals surface area contributed by atoms with Crippen molar-refractivity contribution in [2.75, 3.05) is 33.4 Å². The van der Waals surface area contributed by atoms with Gasteiger partial charge in [-0.15, -0.1) is 0 Å². The fourth-order valence-corrected chi connectivity index (χ4v) is 2.69. The van der Waals surface area contributed by atoms with Crippen LogP contribution in [0.4, 0.5) is 4.39 Å². The highest BCUT2D eigenvalue weighted by Crippen LogP contribution is 2.15. The molecule has 0 saturated carbocycles. The molecule has 1 unspecified atom stereocenters. The number of nitrogens with zero attached hydrogens (tertiary/aromatic N) is 2. The quantitative estimate of drug-likeness (QED) is 0.833. The average Bonchev–Trinajstić information content (AvgIpc) is 3.00. The molecule has 1 aromatic carbocycles. The molecule has 1 aliphatic heterocycles. The van der Waals surface area contributed by atoms with E-state index in [2.05, 4.69) is 16.3 Å². The lowest BCUT2D eigenvalue weighted by atomic mass is 10.1. The van der Waals surface area contributed by atoms with Crippen molar-refractivity contribution < 1.29 is 9.13 Å². The van der Waals surface area contributed by atoms with Crippen molar-refractivity contribution in [1.29, 1.82) is 5.26 Å². The summed E-state index contributed by atoms with van der Waals surface area (Å²) in [4.78, 5) is 2.19. The molecule has 0 aliphatic carbocycles. The third-order valence-electron chi connectivity index (χ3n) is 3.82. The van der Waals surface area contributed by atoms with E-state index >= 15 is 0 Å². The Morgan fingerprint density at radius 3 is 3.05 bits per heavy atom. The third-order valence-corrected chi connectivity index (χ3v) is 3.82. The third kappa shape index (κ3) is 4.78. The van der Waals surface area contributed by atoms with Gasteiger partial charge in [-0.25, -0.2) is 4.39 Å². The zero-order valence-electron chi connectivity index (χ0n) is 12.4. The number of hydrogen-bond donors (Lipinski definition) is 1. The summed E-state index contributed by atoms with van der Waals surface area (Å²) in [5, 5.41) is 12.4. The van der Waals surface area contributed by atoms with Crippen molar-refractivity contribution in [1.82, 2.24) is 10.2 Å². The second-order valence-corrected chi connectivity index (χ2v) is 5.44. The van der Waals surface area contributed by atoms with Gasteiger partial charge in [0.1, 0.15) is 5.82 Å². The smallest absolute Gasteiger partial charge is 0.127 e. The maximum Gasteiger partial charge on any atom is 0.127 e. The van der Waals surface area contributed by atoms with Crippen LogP contribution in [0.2, 0.25) is 0 Å². The second-order valence-electron chi connectivity index (χ2n) is 5.44. The minimum absolute atomic E-state index is 0.254. The second kappa shape index (κ2) is 8.08. The van der Waals surface area contributed by atoms with Gasteiger partial charge in [0, 0.05) is 38.3 Å². The molecule has 21 heavy (non-hydrogen) atoms. The van der Waals surface area contributed by atoms with Gasteiger partial charge >= 0.3 is 0 Å². The van der Waals surface area contributed by atoms with E-state index in [4.69, 9.17) is 10.00 Å². The van der Waals surface area contributed by atoms with E-state index in [1.807, 2.05) is 0 Å². The topological polar surface area (TPSA) is 48.3 Å². The van der Waals surface area contributed by atoms with Crippen LogP contribution in [0.5, 0.6) is 0 Å². The number of rotatable bonds is 7. The molecule has 2 rings (SSSR count). The first-order valence-corrected chi connectivity index (χ1v) is 7.36. The number of nitriles is 1. The summed E-state index contributed by atoms with van der Waals surface area (Å²) in [6, 6.07) is 7.04. The van der Waals surface area contributed by atoms with Crippen LogP contribution in [0.25, 0.3) is 0 Å². The van der Waals surface area contributed by atoms with Gasteiger partial charge in [0.05, 0.1) is 18.2 Å². The van der Waals surface area contributed by atoms with Gasteiger partial charge in [-0.05, 0) is 37.6 Å². The fourth-order valence-electron chi connectivity index (χ4n) is 2.69. The Morgan fingerprint density at radius 2 is 2.38 bits per heavy atom. The van der Waals surface area contributed by atoms with Crippen molar-refractivity contribution in [3.63, 3.8) is 0 Å². The Bertz CT molecular complexity index is 495. The van der Waals surface area contributed by atoms with Crippen LogP contribution in [0.15, 0.2) is 18.2 Å². The molecule has 1 aromatic rings. The summed E-state index contributed by atoms with van der Waals surface area (Å²) in [6.07, 6.45) is 2.35. The highest BCUT2D eigenvalue weighted by Gasteiger charge is 2.19. The zero-order valence-corrected chi connectivity index (χ0v) is 12.4. The predicted octanol–water partition coefficient (Wildman–Crippen LogP) is 1.90. The Balaban J connectivity index is 2.04. The van der Waals surface area contributed by atoms with Gasteiger partial charge in [0.2, 0.25) is 0 Å². The van der Waals surface area contributed by atoms with Gasteiger partial charge in [0.25, 0.3) is 0 Å². The molecule has 1 heterocycles. The van der Waals surface area contributed by atoms with Crippen LogP contribution in [0, 0.1) is 17.1 Å². The average molecular weight is 291 g/mol. The van der Waals surface area contributed by atoms with Gasteiger partial charge in [-0.3, -0.25) is 4.90 Å². The molecule has 1 aliphatic rings. The monoisotopic (exact) mass is 291 g/mol. The molecule has 1 atom stereocenters. The number of methoxy groups -OCH3 is 1. The van der Waals surface area contributed by atoms with Crippen molar-refractivity contribution in [3.05, 3.63) is 35.1 Å². The van der Waals surface area contributed by atoms with Crippen LogP contribution in [0.3, 0.4) is 0 Å². The lowest BCUT2D eigenvalue weighted by Gasteiger charge is -2.25. The number of ether oxygens (including phenoxy) is 1. The molecule has 0 radical (unpaired) electrons.